The average Bonchev–Trinajstić information content (AvgIpc) is 2.78. The number of nitrogens with one attached hydrogen (secondary N) is 1. The van der Waals surface area contributed by atoms with Crippen molar-refractivity contribution in [1.82, 2.24) is 9.97 Å². The molecule has 2 N–H and O–H groups in total. The fourth-order valence-electron chi connectivity index (χ4n) is 4.03. The van der Waals surface area contributed by atoms with Gasteiger partial charge in [-0.15, -0.1) is 0 Å². The number of nitriles is 1. The summed E-state index contributed by atoms with van der Waals surface area (Å²) in [6, 6.07) is 8.42. The first-order valence-electron chi connectivity index (χ1n) is 11.1. The summed E-state index contributed by atoms with van der Waals surface area (Å²) in [6.07, 6.45) is 5.16. The maximum atomic E-state index is 11.2. The quantitative estimate of drug-likeness (QED) is 0.597. The highest BCUT2D eigenvalue weighted by atomic mass is 16.5. The molecule has 2 heterocycles. The molecule has 0 amide bonds. The van der Waals surface area contributed by atoms with Gasteiger partial charge in [0, 0.05) is 25.8 Å². The Morgan fingerprint density at radius 1 is 1.28 bits per heavy atom. The Bertz CT molecular complexity index is 949. The monoisotopic (exact) mass is 437 g/mol. The van der Waals surface area contributed by atoms with Crippen LogP contribution >= 0.6 is 0 Å². The number of aliphatic carboxylic acids is 1. The third kappa shape index (κ3) is 6.17. The van der Waals surface area contributed by atoms with Gasteiger partial charge in [0.05, 0.1) is 35.9 Å². The molecule has 1 fully saturated rings. The molecule has 0 saturated carbocycles. The molecule has 0 spiro atoms. The Balaban J connectivity index is 2.00. The normalized spacial score (nSPS) is 15.2. The molecular formula is C24H31N5O3. The number of benzene rings is 1. The van der Waals surface area contributed by atoms with E-state index in [1.807, 2.05) is 25.1 Å². The van der Waals surface area contributed by atoms with Crippen LogP contribution in [0.1, 0.15) is 57.3 Å². The highest BCUT2D eigenvalue weighted by Gasteiger charge is 2.25. The van der Waals surface area contributed by atoms with Gasteiger partial charge in [-0.05, 0) is 42.4 Å². The highest BCUT2D eigenvalue weighted by Crippen LogP contribution is 2.36. The Kier molecular flexibility index (Phi) is 8.01. The molecule has 1 aliphatic rings. The molecule has 1 saturated heterocycles. The van der Waals surface area contributed by atoms with Crippen LogP contribution in [0, 0.1) is 17.2 Å². The van der Waals surface area contributed by atoms with Crippen molar-refractivity contribution in [2.45, 2.75) is 52.0 Å². The minimum atomic E-state index is -0.819. The Morgan fingerprint density at radius 3 is 2.56 bits per heavy atom. The van der Waals surface area contributed by atoms with E-state index in [0.29, 0.717) is 17.6 Å². The molecule has 0 bridgehead atoms. The highest BCUT2D eigenvalue weighted by molar-refractivity contribution is 5.77. The van der Waals surface area contributed by atoms with E-state index in [1.54, 1.807) is 12.4 Å². The van der Waals surface area contributed by atoms with Gasteiger partial charge in [-0.3, -0.25) is 4.79 Å². The minimum absolute atomic E-state index is 0.0639. The predicted octanol–water partition coefficient (Wildman–Crippen LogP) is 4.31. The molecule has 2 aromatic rings. The maximum Gasteiger partial charge on any atom is 0.303 e. The SMILES string of the molecule is CC(C)CN(c1ccc([C@H](C)CC(=O)O)cc1Nc1cnc(C#N)nc1)C1CCOCC1. The number of ether oxygens (including phenoxy) is 1. The second-order valence-electron chi connectivity index (χ2n) is 8.70. The molecule has 3 rings (SSSR count). The first kappa shape index (κ1) is 23.5. The number of carbonyl (C=O) groups is 1. The van der Waals surface area contributed by atoms with Crippen LogP contribution in [0.3, 0.4) is 0 Å². The van der Waals surface area contributed by atoms with Crippen LogP contribution in [-0.4, -0.2) is 46.8 Å². The summed E-state index contributed by atoms with van der Waals surface area (Å²) < 4.78 is 5.59. The van der Waals surface area contributed by atoms with Crippen LogP contribution < -0.4 is 10.2 Å². The number of rotatable bonds is 9. The Hall–Kier alpha value is -3.18. The number of anilines is 3. The van der Waals surface area contributed by atoms with E-state index >= 15 is 0 Å². The third-order valence-corrected chi connectivity index (χ3v) is 5.60. The molecule has 32 heavy (non-hydrogen) atoms. The molecule has 170 valence electrons. The van der Waals surface area contributed by atoms with Crippen molar-refractivity contribution in [2.24, 2.45) is 5.92 Å². The van der Waals surface area contributed by atoms with E-state index in [1.165, 1.54) is 0 Å². The Morgan fingerprint density at radius 2 is 1.97 bits per heavy atom. The smallest absolute Gasteiger partial charge is 0.303 e. The lowest BCUT2D eigenvalue weighted by molar-refractivity contribution is -0.137. The summed E-state index contributed by atoms with van der Waals surface area (Å²) in [5, 5.41) is 21.6. The summed E-state index contributed by atoms with van der Waals surface area (Å²) in [4.78, 5) is 21.8. The molecule has 0 unspecified atom stereocenters. The van der Waals surface area contributed by atoms with Gasteiger partial charge in [0.2, 0.25) is 5.82 Å². The Labute approximate surface area is 189 Å². The van der Waals surface area contributed by atoms with Crippen LogP contribution in [-0.2, 0) is 9.53 Å². The summed E-state index contributed by atoms with van der Waals surface area (Å²) in [5.74, 6) is -0.362. The lowest BCUT2D eigenvalue weighted by Crippen LogP contribution is -2.42. The number of carboxylic acid groups (broad SMARTS) is 1. The lowest BCUT2D eigenvalue weighted by atomic mass is 9.95. The number of carboxylic acids is 1. The van der Waals surface area contributed by atoms with Crippen LogP contribution in [0.15, 0.2) is 30.6 Å². The van der Waals surface area contributed by atoms with Crippen LogP contribution in [0.2, 0.25) is 0 Å². The molecule has 1 aliphatic heterocycles. The first-order chi connectivity index (χ1) is 15.4. The first-order valence-corrected chi connectivity index (χ1v) is 11.1. The van der Waals surface area contributed by atoms with E-state index in [0.717, 1.165) is 49.5 Å². The van der Waals surface area contributed by atoms with E-state index in [2.05, 4.69) is 40.1 Å². The average molecular weight is 438 g/mol. The van der Waals surface area contributed by atoms with E-state index in [4.69, 9.17) is 10.00 Å². The van der Waals surface area contributed by atoms with Gasteiger partial charge in [0.15, 0.2) is 0 Å². The third-order valence-electron chi connectivity index (χ3n) is 5.60. The van der Waals surface area contributed by atoms with E-state index < -0.39 is 5.97 Å². The number of hydrogen-bond donors (Lipinski definition) is 2. The molecule has 0 aliphatic carbocycles. The topological polar surface area (TPSA) is 111 Å². The second-order valence-corrected chi connectivity index (χ2v) is 8.70. The molecular weight excluding hydrogens is 406 g/mol. The van der Waals surface area contributed by atoms with Crippen LogP contribution in [0.25, 0.3) is 0 Å². The zero-order valence-corrected chi connectivity index (χ0v) is 18.9. The zero-order chi connectivity index (χ0) is 23.1. The molecule has 1 atom stereocenters. The van der Waals surface area contributed by atoms with E-state index in [9.17, 15) is 9.90 Å². The molecule has 1 aromatic heterocycles. The van der Waals surface area contributed by atoms with Crippen molar-refractivity contribution < 1.29 is 14.6 Å². The van der Waals surface area contributed by atoms with Crippen molar-refractivity contribution in [3.63, 3.8) is 0 Å². The summed E-state index contributed by atoms with van der Waals surface area (Å²) in [5.41, 5.74) is 3.55. The van der Waals surface area contributed by atoms with Gasteiger partial charge in [-0.1, -0.05) is 26.8 Å². The fourth-order valence-corrected chi connectivity index (χ4v) is 4.03. The van der Waals surface area contributed by atoms with Gasteiger partial charge in [0.25, 0.3) is 0 Å². The molecule has 8 nitrogen and oxygen atoms in total. The lowest BCUT2D eigenvalue weighted by Gasteiger charge is -2.38. The zero-order valence-electron chi connectivity index (χ0n) is 18.9. The molecule has 0 radical (unpaired) electrons. The van der Waals surface area contributed by atoms with Gasteiger partial charge >= 0.3 is 5.97 Å². The number of nitrogens with zero attached hydrogens (tertiary/aromatic N) is 4. The van der Waals surface area contributed by atoms with Gasteiger partial charge in [0.1, 0.15) is 6.07 Å². The van der Waals surface area contributed by atoms with Gasteiger partial charge in [-0.25, -0.2) is 9.97 Å². The van der Waals surface area contributed by atoms with Crippen molar-refractivity contribution in [1.29, 1.82) is 5.26 Å². The summed E-state index contributed by atoms with van der Waals surface area (Å²) in [7, 11) is 0. The van der Waals surface area contributed by atoms with Gasteiger partial charge < -0.3 is 20.1 Å². The number of hydrogen-bond acceptors (Lipinski definition) is 7. The van der Waals surface area contributed by atoms with Crippen molar-refractivity contribution in [2.75, 3.05) is 30.0 Å². The largest absolute Gasteiger partial charge is 0.481 e. The number of aromatic nitrogens is 2. The molecule has 8 heteroatoms. The van der Waals surface area contributed by atoms with Gasteiger partial charge in [-0.2, -0.15) is 5.26 Å². The standard InChI is InChI=1S/C24H31N5O3/c1-16(2)15-29(20-6-8-32-9-7-20)22-5-4-18(17(3)10-24(30)31)11-21(22)28-19-13-26-23(12-25)27-14-19/h4-5,11,13-14,16-17,20,28H,6-10,15H2,1-3H3,(H,30,31)/t17-/m1/s1. The summed E-state index contributed by atoms with van der Waals surface area (Å²) in [6.45, 7) is 8.72. The predicted molar refractivity (Wildman–Crippen MR) is 123 cm³/mol. The van der Waals surface area contributed by atoms with Crippen molar-refractivity contribution >= 4 is 23.0 Å². The molecule has 1 aromatic carbocycles. The fraction of sp³-hybridized carbons (Fsp3) is 0.500. The van der Waals surface area contributed by atoms with Crippen LogP contribution in [0.5, 0.6) is 0 Å². The van der Waals surface area contributed by atoms with Crippen molar-refractivity contribution in [3.8, 4) is 6.07 Å². The summed E-state index contributed by atoms with van der Waals surface area (Å²) >= 11 is 0. The second kappa shape index (κ2) is 10.9. The van der Waals surface area contributed by atoms with E-state index in [-0.39, 0.29) is 18.2 Å². The van der Waals surface area contributed by atoms with Crippen molar-refractivity contribution in [3.05, 3.63) is 42.0 Å². The minimum Gasteiger partial charge on any atom is -0.481 e. The van der Waals surface area contributed by atoms with Crippen LogP contribution in [0.4, 0.5) is 17.1 Å². The maximum absolute atomic E-state index is 11.2.